The number of aryl methyl sites for hydroxylation is 1. The molecule has 2 N–H and O–H groups in total. The van der Waals surface area contributed by atoms with Crippen LogP contribution in [0.4, 0.5) is 0 Å². The van der Waals surface area contributed by atoms with E-state index in [4.69, 9.17) is 5.73 Å². The summed E-state index contributed by atoms with van der Waals surface area (Å²) in [6.45, 7) is 3.11. The Bertz CT molecular complexity index is 530. The van der Waals surface area contributed by atoms with Crippen molar-refractivity contribution in [2.45, 2.75) is 33.0 Å². The fourth-order valence-corrected chi connectivity index (χ4v) is 1.59. The average Bonchev–Trinajstić information content (AvgIpc) is 2.98. The Kier molecular flexibility index (Phi) is 3.78. The van der Waals surface area contributed by atoms with Crippen LogP contribution in [0.5, 0.6) is 0 Å². The van der Waals surface area contributed by atoms with Gasteiger partial charge in [-0.05, 0) is 6.42 Å². The number of carbonyl (C=O) groups excluding carboxylic acids is 1. The zero-order valence-electron chi connectivity index (χ0n) is 10.2. The van der Waals surface area contributed by atoms with Gasteiger partial charge in [0.05, 0.1) is 18.1 Å². The minimum Gasteiger partial charge on any atom is -0.325 e. The number of nitrogens with two attached hydrogens (primary N) is 1. The number of Topliss-reactive ketones (excluding diaryl/α,β-unsaturated/α-hetero) is 1. The van der Waals surface area contributed by atoms with Gasteiger partial charge < -0.3 is 5.73 Å². The Labute approximate surface area is 104 Å². The summed E-state index contributed by atoms with van der Waals surface area (Å²) >= 11 is 0. The Morgan fingerprint density at radius 2 is 2.28 bits per heavy atom. The van der Waals surface area contributed by atoms with Crippen molar-refractivity contribution in [1.29, 1.82) is 0 Å². The summed E-state index contributed by atoms with van der Waals surface area (Å²) in [7, 11) is 0. The third kappa shape index (κ3) is 2.59. The van der Waals surface area contributed by atoms with Gasteiger partial charge in [-0.3, -0.25) is 4.79 Å². The number of nitrogens with zero attached hydrogens (tertiary/aromatic N) is 6. The van der Waals surface area contributed by atoms with E-state index in [9.17, 15) is 4.79 Å². The Balaban J connectivity index is 2.09. The molecule has 2 heterocycles. The van der Waals surface area contributed by atoms with Gasteiger partial charge in [-0.2, -0.15) is 0 Å². The molecule has 2 rings (SSSR count). The topological polar surface area (TPSA) is 105 Å². The van der Waals surface area contributed by atoms with Gasteiger partial charge in [0.1, 0.15) is 12.2 Å². The summed E-state index contributed by atoms with van der Waals surface area (Å²) in [4.78, 5) is 12.0. The molecule has 0 fully saturated rings. The largest absolute Gasteiger partial charge is 0.325 e. The maximum atomic E-state index is 12.0. The average molecular weight is 249 g/mol. The Hall–Kier alpha value is -2.09. The lowest BCUT2D eigenvalue weighted by atomic mass is 10.3. The van der Waals surface area contributed by atoms with E-state index in [0.29, 0.717) is 24.5 Å². The molecule has 0 aliphatic heterocycles. The molecule has 8 heteroatoms. The van der Waals surface area contributed by atoms with E-state index in [2.05, 4.69) is 20.6 Å². The summed E-state index contributed by atoms with van der Waals surface area (Å²) in [5, 5.41) is 15.3. The number of hydrogen-bond donors (Lipinski definition) is 1. The number of aromatic nitrogens is 6. The normalized spacial score (nSPS) is 10.8. The Morgan fingerprint density at radius 3 is 2.94 bits per heavy atom. The van der Waals surface area contributed by atoms with Gasteiger partial charge in [0, 0.05) is 13.1 Å². The molecular formula is C10H15N7O. The first-order chi connectivity index (χ1) is 8.74. The summed E-state index contributed by atoms with van der Waals surface area (Å²) < 4.78 is 3.07. The van der Waals surface area contributed by atoms with Crippen LogP contribution in [0, 0.1) is 0 Å². The molecule has 0 saturated carbocycles. The molecule has 0 aliphatic rings. The highest BCUT2D eigenvalue weighted by Gasteiger charge is 2.14. The summed E-state index contributed by atoms with van der Waals surface area (Å²) in [6.07, 6.45) is 4.02. The molecule has 0 saturated heterocycles. The van der Waals surface area contributed by atoms with Gasteiger partial charge in [0.2, 0.25) is 5.78 Å². The fourth-order valence-electron chi connectivity index (χ4n) is 1.59. The van der Waals surface area contributed by atoms with E-state index >= 15 is 0 Å². The van der Waals surface area contributed by atoms with E-state index in [0.717, 1.165) is 6.42 Å². The standard InChI is InChI=1S/C10H15N7O/c1-2-3-17-9(5-12-14-17)10(18)7-16-6-8(4-11)13-15-16/h5-6H,2-4,7,11H2,1H3. The van der Waals surface area contributed by atoms with Gasteiger partial charge in [-0.15, -0.1) is 10.2 Å². The van der Waals surface area contributed by atoms with Crippen LogP contribution >= 0.6 is 0 Å². The van der Waals surface area contributed by atoms with Crippen LogP contribution in [0.15, 0.2) is 12.4 Å². The van der Waals surface area contributed by atoms with Crippen molar-refractivity contribution in [2.75, 3.05) is 0 Å². The highest BCUT2D eigenvalue weighted by atomic mass is 16.1. The summed E-state index contributed by atoms with van der Waals surface area (Å²) in [6, 6.07) is 0. The molecule has 0 unspecified atom stereocenters. The molecule has 8 nitrogen and oxygen atoms in total. The van der Waals surface area contributed by atoms with E-state index in [1.165, 1.54) is 10.9 Å². The van der Waals surface area contributed by atoms with Gasteiger partial charge in [0.25, 0.3) is 0 Å². The van der Waals surface area contributed by atoms with Crippen molar-refractivity contribution < 1.29 is 4.79 Å². The van der Waals surface area contributed by atoms with Gasteiger partial charge in [0.15, 0.2) is 0 Å². The predicted octanol–water partition coefficient (Wildman–Crippen LogP) is -0.379. The zero-order chi connectivity index (χ0) is 13.0. The van der Waals surface area contributed by atoms with Crippen LogP contribution in [0.25, 0.3) is 0 Å². The van der Waals surface area contributed by atoms with Crippen molar-refractivity contribution in [3.05, 3.63) is 23.8 Å². The number of hydrogen-bond acceptors (Lipinski definition) is 6. The van der Waals surface area contributed by atoms with Crippen LogP contribution in [0.3, 0.4) is 0 Å². The van der Waals surface area contributed by atoms with E-state index < -0.39 is 0 Å². The highest BCUT2D eigenvalue weighted by Crippen LogP contribution is 2.02. The molecule has 0 aliphatic carbocycles. The Morgan fingerprint density at radius 1 is 1.44 bits per heavy atom. The molecule has 96 valence electrons. The number of ketones is 1. The monoisotopic (exact) mass is 249 g/mol. The lowest BCUT2D eigenvalue weighted by molar-refractivity contribution is 0.0956. The second-order valence-electron chi connectivity index (χ2n) is 3.88. The molecule has 0 aromatic carbocycles. The van der Waals surface area contributed by atoms with E-state index in [1.807, 2.05) is 6.92 Å². The second kappa shape index (κ2) is 5.50. The molecule has 2 aromatic rings. The van der Waals surface area contributed by atoms with Crippen LogP contribution in [0.2, 0.25) is 0 Å². The van der Waals surface area contributed by atoms with Gasteiger partial charge in [-0.25, -0.2) is 9.36 Å². The van der Waals surface area contributed by atoms with Crippen LogP contribution in [-0.4, -0.2) is 35.8 Å². The summed E-state index contributed by atoms with van der Waals surface area (Å²) in [5.41, 5.74) is 6.57. The second-order valence-corrected chi connectivity index (χ2v) is 3.88. The number of rotatable bonds is 6. The van der Waals surface area contributed by atoms with Crippen molar-refractivity contribution in [2.24, 2.45) is 5.73 Å². The smallest absolute Gasteiger partial charge is 0.203 e. The zero-order valence-corrected chi connectivity index (χ0v) is 10.2. The first-order valence-electron chi connectivity index (χ1n) is 5.75. The molecular weight excluding hydrogens is 234 g/mol. The molecule has 2 aromatic heterocycles. The lowest BCUT2D eigenvalue weighted by Crippen LogP contribution is -2.16. The van der Waals surface area contributed by atoms with Crippen molar-refractivity contribution in [1.82, 2.24) is 30.0 Å². The van der Waals surface area contributed by atoms with Crippen molar-refractivity contribution >= 4 is 5.78 Å². The first kappa shape index (κ1) is 12.4. The molecule has 0 amide bonds. The molecule has 0 atom stereocenters. The van der Waals surface area contributed by atoms with Crippen LogP contribution < -0.4 is 5.73 Å². The molecule has 18 heavy (non-hydrogen) atoms. The minimum atomic E-state index is -0.0954. The van der Waals surface area contributed by atoms with E-state index in [1.54, 1.807) is 10.9 Å². The third-order valence-corrected chi connectivity index (χ3v) is 2.44. The SMILES string of the molecule is CCCn1nncc1C(=O)Cn1cc(CN)nn1. The predicted molar refractivity (Wildman–Crippen MR) is 62.6 cm³/mol. The molecule has 0 bridgehead atoms. The quantitative estimate of drug-likeness (QED) is 0.700. The number of carbonyl (C=O) groups is 1. The highest BCUT2D eigenvalue weighted by molar-refractivity contribution is 5.93. The maximum absolute atomic E-state index is 12.0. The third-order valence-electron chi connectivity index (χ3n) is 2.44. The van der Waals surface area contributed by atoms with Crippen LogP contribution in [-0.2, 0) is 19.6 Å². The molecule has 0 radical (unpaired) electrons. The maximum Gasteiger partial charge on any atom is 0.203 e. The first-order valence-corrected chi connectivity index (χ1v) is 5.75. The summed E-state index contributed by atoms with van der Waals surface area (Å²) in [5.74, 6) is -0.0954. The van der Waals surface area contributed by atoms with Crippen molar-refractivity contribution in [3.8, 4) is 0 Å². The minimum absolute atomic E-state index is 0.0954. The van der Waals surface area contributed by atoms with Gasteiger partial charge >= 0.3 is 0 Å². The molecule has 0 spiro atoms. The van der Waals surface area contributed by atoms with Crippen molar-refractivity contribution in [3.63, 3.8) is 0 Å². The van der Waals surface area contributed by atoms with E-state index in [-0.39, 0.29) is 12.3 Å². The lowest BCUT2D eigenvalue weighted by Gasteiger charge is -2.03. The van der Waals surface area contributed by atoms with Crippen LogP contribution in [0.1, 0.15) is 29.5 Å². The van der Waals surface area contributed by atoms with Gasteiger partial charge in [-0.1, -0.05) is 17.4 Å². The fraction of sp³-hybridized carbons (Fsp3) is 0.500.